The van der Waals surface area contributed by atoms with Gasteiger partial charge < -0.3 is 15.4 Å². The number of carbonyl (C=O) groups is 1. The summed E-state index contributed by atoms with van der Waals surface area (Å²) in [5, 5.41) is 6.62. The van der Waals surface area contributed by atoms with Crippen molar-refractivity contribution in [1.29, 1.82) is 0 Å². The molecule has 1 saturated carbocycles. The predicted octanol–water partition coefficient (Wildman–Crippen LogP) is 4.35. The third-order valence-electron chi connectivity index (χ3n) is 6.29. The molecule has 0 radical (unpaired) electrons. The van der Waals surface area contributed by atoms with Crippen LogP contribution in [0.15, 0.2) is 48.5 Å². The number of rotatable bonds is 5. The number of ether oxygens (including phenoxy) is 1. The first-order valence-electron chi connectivity index (χ1n) is 9.87. The van der Waals surface area contributed by atoms with E-state index < -0.39 is 0 Å². The van der Waals surface area contributed by atoms with Crippen molar-refractivity contribution < 1.29 is 9.53 Å². The van der Waals surface area contributed by atoms with Gasteiger partial charge in [0.1, 0.15) is 5.75 Å². The lowest BCUT2D eigenvalue weighted by Gasteiger charge is -2.24. The van der Waals surface area contributed by atoms with Crippen LogP contribution < -0.4 is 15.4 Å². The zero-order chi connectivity index (χ0) is 18.9. The fraction of sp³-hybridized carbons (Fsp3) is 0.435. The molecule has 5 heteroatoms. The number of nitrogens with one attached hydrogen (secondary N) is 2. The summed E-state index contributed by atoms with van der Waals surface area (Å²) in [6.45, 7) is 4.15. The van der Waals surface area contributed by atoms with Crippen LogP contribution in [0, 0.1) is 11.3 Å². The van der Waals surface area contributed by atoms with Crippen LogP contribution in [0.2, 0.25) is 0 Å². The van der Waals surface area contributed by atoms with E-state index in [0.29, 0.717) is 0 Å². The van der Waals surface area contributed by atoms with E-state index in [4.69, 9.17) is 4.74 Å². The van der Waals surface area contributed by atoms with Crippen LogP contribution >= 0.6 is 12.4 Å². The number of piperidine rings is 1. The fourth-order valence-corrected chi connectivity index (χ4v) is 4.43. The van der Waals surface area contributed by atoms with E-state index in [1.54, 1.807) is 7.11 Å². The minimum Gasteiger partial charge on any atom is -0.496 e. The molecule has 4 rings (SSSR count). The van der Waals surface area contributed by atoms with Crippen molar-refractivity contribution in [1.82, 2.24) is 10.6 Å². The molecular formula is C23H29ClN2O2. The van der Waals surface area contributed by atoms with E-state index in [0.717, 1.165) is 54.8 Å². The molecular weight excluding hydrogens is 372 g/mol. The Kier molecular flexibility index (Phi) is 6.31. The number of amides is 1. The molecule has 4 nitrogen and oxygen atoms in total. The fourth-order valence-electron chi connectivity index (χ4n) is 4.43. The smallest absolute Gasteiger partial charge is 0.224 e. The Morgan fingerprint density at radius 1 is 1.14 bits per heavy atom. The number of methoxy groups -OCH3 is 1. The van der Waals surface area contributed by atoms with E-state index >= 15 is 0 Å². The summed E-state index contributed by atoms with van der Waals surface area (Å²) in [7, 11) is 1.69. The summed E-state index contributed by atoms with van der Waals surface area (Å²) in [5.74, 6) is 1.29. The highest BCUT2D eigenvalue weighted by molar-refractivity contribution is 5.85. The molecule has 2 aliphatic rings. The first-order chi connectivity index (χ1) is 13.1. The number of halogens is 1. The molecule has 0 bridgehead atoms. The molecule has 1 spiro atoms. The van der Waals surface area contributed by atoms with E-state index in [1.165, 1.54) is 0 Å². The van der Waals surface area contributed by atoms with Gasteiger partial charge in [-0.05, 0) is 61.9 Å². The molecule has 1 saturated heterocycles. The Morgan fingerprint density at radius 2 is 1.82 bits per heavy atom. The summed E-state index contributed by atoms with van der Waals surface area (Å²) in [6.07, 6.45) is 3.32. The number of para-hydroxylation sites is 1. The van der Waals surface area contributed by atoms with Crippen molar-refractivity contribution in [2.45, 2.75) is 32.2 Å². The molecule has 150 valence electrons. The molecule has 0 aromatic heterocycles. The van der Waals surface area contributed by atoms with Gasteiger partial charge in [-0.3, -0.25) is 4.79 Å². The van der Waals surface area contributed by atoms with E-state index in [9.17, 15) is 4.79 Å². The van der Waals surface area contributed by atoms with Gasteiger partial charge in [-0.2, -0.15) is 0 Å². The minimum atomic E-state index is 0. The highest BCUT2D eigenvalue weighted by Crippen LogP contribution is 2.58. The highest BCUT2D eigenvalue weighted by atomic mass is 35.5. The normalized spacial score (nSPS) is 20.7. The monoisotopic (exact) mass is 400 g/mol. The van der Waals surface area contributed by atoms with Crippen LogP contribution in [0.3, 0.4) is 0 Å². The van der Waals surface area contributed by atoms with Gasteiger partial charge in [0.05, 0.1) is 13.2 Å². The molecule has 28 heavy (non-hydrogen) atoms. The third kappa shape index (κ3) is 4.03. The van der Waals surface area contributed by atoms with Gasteiger partial charge in [0.25, 0.3) is 0 Å². The number of hydrogen-bond donors (Lipinski definition) is 2. The van der Waals surface area contributed by atoms with Crippen LogP contribution in [0.5, 0.6) is 5.75 Å². The molecule has 2 atom stereocenters. The van der Waals surface area contributed by atoms with Gasteiger partial charge in [-0.1, -0.05) is 42.5 Å². The van der Waals surface area contributed by atoms with Gasteiger partial charge in [0, 0.05) is 11.5 Å². The molecule has 1 aliphatic carbocycles. The molecule has 1 aliphatic heterocycles. The third-order valence-corrected chi connectivity index (χ3v) is 6.29. The second-order valence-corrected chi connectivity index (χ2v) is 7.92. The largest absolute Gasteiger partial charge is 0.496 e. The Labute approximate surface area is 173 Å². The number of benzene rings is 2. The lowest BCUT2D eigenvalue weighted by Crippen LogP contribution is -2.34. The van der Waals surface area contributed by atoms with Crippen molar-refractivity contribution in [3.8, 4) is 16.9 Å². The van der Waals surface area contributed by atoms with Crippen molar-refractivity contribution in [3.63, 3.8) is 0 Å². The number of carbonyl (C=O) groups excluding carboxylic acids is 1. The average molecular weight is 401 g/mol. The molecule has 2 fully saturated rings. The summed E-state index contributed by atoms with van der Waals surface area (Å²) < 4.78 is 5.46. The van der Waals surface area contributed by atoms with Crippen molar-refractivity contribution in [2.24, 2.45) is 11.3 Å². The maximum Gasteiger partial charge on any atom is 0.224 e. The standard InChI is InChI=1S/C23H28N2O2.ClH/c1-16(25-22(26)20-15-23(20)11-13-24-14-12-23)17-7-9-18(10-8-17)19-5-3-4-6-21(19)27-2;/h3-10,16,20,24H,11-15H2,1-2H3,(H,25,26);1H. The van der Waals surface area contributed by atoms with Crippen LogP contribution in [-0.4, -0.2) is 26.1 Å². The molecule has 2 unspecified atom stereocenters. The van der Waals surface area contributed by atoms with Gasteiger partial charge >= 0.3 is 0 Å². The van der Waals surface area contributed by atoms with Gasteiger partial charge in [-0.25, -0.2) is 0 Å². The predicted molar refractivity (Wildman–Crippen MR) is 115 cm³/mol. The maximum atomic E-state index is 12.7. The Hall–Kier alpha value is -2.04. The minimum absolute atomic E-state index is 0. The Bertz CT molecular complexity index is 816. The van der Waals surface area contributed by atoms with Crippen LogP contribution in [0.4, 0.5) is 0 Å². The first kappa shape index (κ1) is 20.7. The summed E-state index contributed by atoms with van der Waals surface area (Å²) in [6, 6.07) is 16.4. The van der Waals surface area contributed by atoms with Crippen molar-refractivity contribution in [3.05, 3.63) is 54.1 Å². The van der Waals surface area contributed by atoms with Crippen LogP contribution in [0.25, 0.3) is 11.1 Å². The summed E-state index contributed by atoms with van der Waals surface area (Å²) in [4.78, 5) is 12.7. The van der Waals surface area contributed by atoms with Gasteiger partial charge in [-0.15, -0.1) is 12.4 Å². The summed E-state index contributed by atoms with van der Waals surface area (Å²) in [5.41, 5.74) is 3.60. The van der Waals surface area contributed by atoms with Crippen molar-refractivity contribution in [2.75, 3.05) is 20.2 Å². The van der Waals surface area contributed by atoms with Crippen LogP contribution in [0.1, 0.15) is 37.8 Å². The molecule has 1 amide bonds. The summed E-state index contributed by atoms with van der Waals surface area (Å²) >= 11 is 0. The highest BCUT2D eigenvalue weighted by Gasteiger charge is 2.57. The lowest BCUT2D eigenvalue weighted by molar-refractivity contribution is -0.123. The molecule has 1 heterocycles. The molecule has 2 N–H and O–H groups in total. The quantitative estimate of drug-likeness (QED) is 0.784. The zero-order valence-corrected chi connectivity index (χ0v) is 17.4. The second-order valence-electron chi connectivity index (χ2n) is 7.92. The molecule has 2 aromatic carbocycles. The van der Waals surface area contributed by atoms with Gasteiger partial charge in [0.2, 0.25) is 5.91 Å². The first-order valence-corrected chi connectivity index (χ1v) is 9.87. The van der Waals surface area contributed by atoms with Crippen molar-refractivity contribution >= 4 is 18.3 Å². The van der Waals surface area contributed by atoms with Crippen LogP contribution in [-0.2, 0) is 4.79 Å². The average Bonchev–Trinajstić information content (AvgIpc) is 3.41. The zero-order valence-electron chi connectivity index (χ0n) is 16.5. The Balaban J connectivity index is 0.00000225. The van der Waals surface area contributed by atoms with E-state index in [1.807, 2.05) is 18.2 Å². The maximum absolute atomic E-state index is 12.7. The second kappa shape index (κ2) is 8.54. The van der Waals surface area contributed by atoms with E-state index in [2.05, 4.69) is 47.9 Å². The van der Waals surface area contributed by atoms with E-state index in [-0.39, 0.29) is 35.7 Å². The Morgan fingerprint density at radius 3 is 2.50 bits per heavy atom. The topological polar surface area (TPSA) is 50.4 Å². The lowest BCUT2D eigenvalue weighted by atomic mass is 9.91. The number of hydrogen-bond acceptors (Lipinski definition) is 3. The van der Waals surface area contributed by atoms with Gasteiger partial charge in [0.15, 0.2) is 0 Å². The molecule has 2 aromatic rings. The SMILES string of the molecule is COc1ccccc1-c1ccc(C(C)NC(=O)C2CC23CCNCC3)cc1.Cl.